The van der Waals surface area contributed by atoms with E-state index in [1.54, 1.807) is 24.3 Å². The summed E-state index contributed by atoms with van der Waals surface area (Å²) in [5.41, 5.74) is -0.326. The molecular formula is C20H18F3N3O4S. The smallest absolute Gasteiger partial charge is 0.416 e. The monoisotopic (exact) mass is 453 g/mol. The Bertz CT molecular complexity index is 1220. The van der Waals surface area contributed by atoms with Gasteiger partial charge in [0.15, 0.2) is 0 Å². The molecule has 0 saturated heterocycles. The molecule has 0 atom stereocenters. The third kappa shape index (κ3) is 5.50. The van der Waals surface area contributed by atoms with E-state index in [1.165, 1.54) is 24.1 Å². The average molecular weight is 453 g/mol. The van der Waals surface area contributed by atoms with Gasteiger partial charge in [-0.25, -0.2) is 18.1 Å². The second kappa shape index (κ2) is 8.90. The Morgan fingerprint density at radius 2 is 1.81 bits per heavy atom. The zero-order valence-electron chi connectivity index (χ0n) is 16.3. The first-order valence-electron chi connectivity index (χ1n) is 8.98. The number of aromatic nitrogens is 2. The molecule has 11 heteroatoms. The number of alkyl halides is 3. The molecule has 0 saturated carbocycles. The summed E-state index contributed by atoms with van der Waals surface area (Å²) >= 11 is 0. The van der Waals surface area contributed by atoms with Crippen LogP contribution in [0.2, 0.25) is 0 Å². The summed E-state index contributed by atoms with van der Waals surface area (Å²) < 4.78 is 71.4. The van der Waals surface area contributed by atoms with E-state index in [-0.39, 0.29) is 13.1 Å². The molecule has 0 spiro atoms. The number of benzene rings is 2. The largest absolute Gasteiger partial charge is 0.497 e. The van der Waals surface area contributed by atoms with E-state index in [0.29, 0.717) is 23.1 Å². The summed E-state index contributed by atoms with van der Waals surface area (Å²) in [6.45, 7) is -0.255. The van der Waals surface area contributed by atoms with Gasteiger partial charge in [-0.2, -0.15) is 13.2 Å². The minimum atomic E-state index is -4.66. The quantitative estimate of drug-likeness (QED) is 0.594. The van der Waals surface area contributed by atoms with Gasteiger partial charge in [-0.15, -0.1) is 0 Å². The highest BCUT2D eigenvalue weighted by Gasteiger charge is 2.31. The van der Waals surface area contributed by atoms with E-state index >= 15 is 0 Å². The van der Waals surface area contributed by atoms with Gasteiger partial charge in [0, 0.05) is 24.7 Å². The zero-order valence-corrected chi connectivity index (χ0v) is 17.1. The molecule has 164 valence electrons. The molecule has 3 rings (SSSR count). The van der Waals surface area contributed by atoms with Crippen LogP contribution in [0.3, 0.4) is 0 Å². The zero-order chi connectivity index (χ0) is 22.6. The lowest BCUT2D eigenvalue weighted by atomic mass is 10.1. The maximum absolute atomic E-state index is 12.8. The number of sulfonamides is 1. The molecule has 1 N–H and O–H groups in total. The third-order valence-electron chi connectivity index (χ3n) is 4.38. The highest BCUT2D eigenvalue weighted by atomic mass is 32.2. The number of hydrogen-bond acceptors (Lipinski definition) is 5. The second-order valence-electron chi connectivity index (χ2n) is 6.46. The van der Waals surface area contributed by atoms with Crippen LogP contribution in [0.15, 0.2) is 70.6 Å². The van der Waals surface area contributed by atoms with Crippen molar-refractivity contribution in [3.63, 3.8) is 0 Å². The molecule has 0 aliphatic rings. The summed E-state index contributed by atoms with van der Waals surface area (Å²) in [7, 11) is -2.64. The maximum Gasteiger partial charge on any atom is 0.416 e. The molecule has 2 aromatic carbocycles. The van der Waals surface area contributed by atoms with Crippen LogP contribution in [0.1, 0.15) is 5.56 Å². The van der Waals surface area contributed by atoms with Crippen molar-refractivity contribution in [2.45, 2.75) is 17.6 Å². The lowest BCUT2D eigenvalue weighted by Gasteiger charge is -2.11. The van der Waals surface area contributed by atoms with E-state index < -0.39 is 32.2 Å². The molecule has 0 amide bonds. The Morgan fingerprint density at radius 1 is 1.10 bits per heavy atom. The van der Waals surface area contributed by atoms with Crippen LogP contribution in [0, 0.1) is 0 Å². The van der Waals surface area contributed by atoms with Gasteiger partial charge >= 0.3 is 6.18 Å². The fraction of sp³-hybridized carbons (Fsp3) is 0.200. The fourth-order valence-electron chi connectivity index (χ4n) is 2.74. The minimum absolute atomic E-state index is 0.0487. The van der Waals surface area contributed by atoms with Gasteiger partial charge in [0.25, 0.3) is 5.56 Å². The number of nitrogens with zero attached hydrogens (tertiary/aromatic N) is 2. The van der Waals surface area contributed by atoms with Gasteiger partial charge < -0.3 is 4.74 Å². The van der Waals surface area contributed by atoms with Crippen molar-refractivity contribution >= 4 is 10.0 Å². The molecule has 1 aromatic heterocycles. The predicted molar refractivity (Wildman–Crippen MR) is 107 cm³/mol. The maximum atomic E-state index is 12.8. The van der Waals surface area contributed by atoms with Crippen LogP contribution in [-0.2, 0) is 22.7 Å². The van der Waals surface area contributed by atoms with Crippen molar-refractivity contribution in [1.82, 2.24) is 14.3 Å². The summed E-state index contributed by atoms with van der Waals surface area (Å²) in [6, 6.07) is 11.7. The molecule has 0 radical (unpaired) electrons. The molecular weight excluding hydrogens is 435 g/mol. The van der Waals surface area contributed by atoms with Gasteiger partial charge in [-0.1, -0.05) is 6.07 Å². The van der Waals surface area contributed by atoms with Crippen LogP contribution in [0.5, 0.6) is 5.75 Å². The first-order chi connectivity index (χ1) is 14.6. The first-order valence-corrected chi connectivity index (χ1v) is 10.5. The van der Waals surface area contributed by atoms with Gasteiger partial charge in [0.1, 0.15) is 5.75 Å². The van der Waals surface area contributed by atoms with E-state index in [2.05, 4.69) is 9.71 Å². The average Bonchev–Trinajstić information content (AvgIpc) is 2.74. The summed E-state index contributed by atoms with van der Waals surface area (Å²) in [5.74, 6) is 0.658. The van der Waals surface area contributed by atoms with Crippen molar-refractivity contribution in [2.75, 3.05) is 13.7 Å². The standard InChI is InChI=1S/C20H18F3N3O4S/c1-30-16-7-5-14(6-8-16)18-12-19(27)26(13-24-18)10-9-25-31(28,29)17-4-2-3-15(11-17)20(21,22)23/h2-8,11-13,25H,9-10H2,1H3. The molecule has 1 heterocycles. The number of rotatable bonds is 7. The number of methoxy groups -OCH3 is 1. The molecule has 7 nitrogen and oxygen atoms in total. The van der Waals surface area contributed by atoms with Crippen LogP contribution in [-0.4, -0.2) is 31.6 Å². The molecule has 0 aliphatic heterocycles. The van der Waals surface area contributed by atoms with Crippen molar-refractivity contribution < 1.29 is 26.3 Å². The number of hydrogen-bond donors (Lipinski definition) is 1. The highest BCUT2D eigenvalue weighted by Crippen LogP contribution is 2.30. The normalized spacial score (nSPS) is 12.0. The van der Waals surface area contributed by atoms with Crippen LogP contribution in [0.4, 0.5) is 13.2 Å². The van der Waals surface area contributed by atoms with Crippen molar-refractivity contribution in [2.24, 2.45) is 0 Å². The van der Waals surface area contributed by atoms with Crippen LogP contribution < -0.4 is 15.0 Å². The summed E-state index contributed by atoms with van der Waals surface area (Å²) in [6.07, 6.45) is -3.38. The van der Waals surface area contributed by atoms with Gasteiger partial charge in [-0.05, 0) is 42.5 Å². The molecule has 31 heavy (non-hydrogen) atoms. The van der Waals surface area contributed by atoms with Crippen molar-refractivity contribution in [3.8, 4) is 17.0 Å². The van der Waals surface area contributed by atoms with E-state index in [0.717, 1.165) is 18.2 Å². The summed E-state index contributed by atoms with van der Waals surface area (Å²) in [5, 5.41) is 0. The van der Waals surface area contributed by atoms with E-state index in [4.69, 9.17) is 4.74 Å². The van der Waals surface area contributed by atoms with Crippen LogP contribution in [0.25, 0.3) is 11.3 Å². The molecule has 0 aliphatic carbocycles. The molecule has 3 aromatic rings. The highest BCUT2D eigenvalue weighted by molar-refractivity contribution is 7.89. The Balaban J connectivity index is 1.68. The van der Waals surface area contributed by atoms with E-state index in [1.807, 2.05) is 0 Å². The van der Waals surface area contributed by atoms with Gasteiger partial charge in [0.05, 0.1) is 29.6 Å². The fourth-order valence-corrected chi connectivity index (χ4v) is 3.80. The van der Waals surface area contributed by atoms with Crippen LogP contribution >= 0.6 is 0 Å². The SMILES string of the molecule is COc1ccc(-c2cc(=O)n(CCNS(=O)(=O)c3cccc(C(F)(F)F)c3)cn2)cc1. The Kier molecular flexibility index (Phi) is 6.46. The minimum Gasteiger partial charge on any atom is -0.497 e. The lowest BCUT2D eigenvalue weighted by molar-refractivity contribution is -0.137. The number of halogens is 3. The van der Waals surface area contributed by atoms with Gasteiger partial charge in [-0.3, -0.25) is 9.36 Å². The topological polar surface area (TPSA) is 90.3 Å². The Hall–Kier alpha value is -3.18. The predicted octanol–water partition coefficient (Wildman–Crippen LogP) is 2.92. The number of nitrogens with one attached hydrogen (secondary N) is 1. The van der Waals surface area contributed by atoms with Crippen molar-refractivity contribution in [1.29, 1.82) is 0 Å². The Labute approximate surface area is 176 Å². The lowest BCUT2D eigenvalue weighted by Crippen LogP contribution is -2.31. The second-order valence-corrected chi connectivity index (χ2v) is 8.22. The molecule has 0 unspecified atom stereocenters. The molecule has 0 fully saturated rings. The third-order valence-corrected chi connectivity index (χ3v) is 5.84. The Morgan fingerprint density at radius 3 is 2.42 bits per heavy atom. The first kappa shape index (κ1) is 22.5. The van der Waals surface area contributed by atoms with Crippen molar-refractivity contribution in [3.05, 3.63) is 76.8 Å². The van der Waals surface area contributed by atoms with E-state index in [9.17, 15) is 26.4 Å². The summed E-state index contributed by atoms with van der Waals surface area (Å²) in [4.78, 5) is 16.0. The molecule has 0 bridgehead atoms. The number of ether oxygens (including phenoxy) is 1. The van der Waals surface area contributed by atoms with Gasteiger partial charge in [0.2, 0.25) is 10.0 Å².